The van der Waals surface area contributed by atoms with Crippen molar-refractivity contribution in [2.24, 2.45) is 0 Å². The normalized spacial score (nSPS) is 10.3. The highest BCUT2D eigenvalue weighted by atomic mass is 16.4. The minimum absolute atomic E-state index is 0.226. The standard InChI is InChI=1S/C13H17N5O2/c1-3-4-14-11-7-15-10(6-16-11)13(19)18-8-12-17-5-9(2)20-12/h5-7H,3-4,8H2,1-2H3,(H,14,16)(H,18,19). The molecule has 1 amide bonds. The maximum atomic E-state index is 11.8. The molecule has 2 N–H and O–H groups in total. The first-order valence-corrected chi connectivity index (χ1v) is 6.44. The van der Waals surface area contributed by atoms with Crippen molar-refractivity contribution >= 4 is 11.7 Å². The molecular formula is C13H17N5O2. The lowest BCUT2D eigenvalue weighted by Crippen LogP contribution is -2.24. The van der Waals surface area contributed by atoms with Crippen molar-refractivity contribution in [3.05, 3.63) is 35.9 Å². The third-order valence-electron chi connectivity index (χ3n) is 2.51. The highest BCUT2D eigenvalue weighted by Crippen LogP contribution is 2.03. The van der Waals surface area contributed by atoms with Crippen LogP contribution >= 0.6 is 0 Å². The quantitative estimate of drug-likeness (QED) is 0.830. The van der Waals surface area contributed by atoms with Crippen LogP contribution in [0.15, 0.2) is 23.0 Å². The zero-order valence-electron chi connectivity index (χ0n) is 11.5. The van der Waals surface area contributed by atoms with Gasteiger partial charge < -0.3 is 15.1 Å². The van der Waals surface area contributed by atoms with Crippen molar-refractivity contribution in [3.8, 4) is 0 Å². The third-order valence-corrected chi connectivity index (χ3v) is 2.51. The number of oxazole rings is 1. The first-order chi connectivity index (χ1) is 9.69. The smallest absolute Gasteiger partial charge is 0.271 e. The molecule has 0 atom stereocenters. The van der Waals surface area contributed by atoms with Gasteiger partial charge in [-0.05, 0) is 13.3 Å². The Balaban J connectivity index is 1.88. The van der Waals surface area contributed by atoms with E-state index in [9.17, 15) is 4.79 Å². The fraction of sp³-hybridized carbons (Fsp3) is 0.385. The zero-order valence-corrected chi connectivity index (χ0v) is 11.5. The predicted molar refractivity (Wildman–Crippen MR) is 73.2 cm³/mol. The average Bonchev–Trinajstić information content (AvgIpc) is 2.89. The topological polar surface area (TPSA) is 92.9 Å². The number of hydrogen-bond acceptors (Lipinski definition) is 6. The molecule has 7 nitrogen and oxygen atoms in total. The van der Waals surface area contributed by atoms with Crippen LogP contribution in [0, 0.1) is 6.92 Å². The molecule has 106 valence electrons. The number of rotatable bonds is 6. The Bertz CT molecular complexity index is 564. The van der Waals surface area contributed by atoms with E-state index in [0.29, 0.717) is 17.5 Å². The molecule has 0 aromatic carbocycles. The Labute approximate surface area is 116 Å². The van der Waals surface area contributed by atoms with Crippen molar-refractivity contribution in [1.29, 1.82) is 0 Å². The number of amides is 1. The number of nitrogens with one attached hydrogen (secondary N) is 2. The number of aryl methyl sites for hydroxylation is 1. The number of nitrogens with zero attached hydrogens (tertiary/aromatic N) is 3. The van der Waals surface area contributed by atoms with E-state index in [-0.39, 0.29) is 18.1 Å². The van der Waals surface area contributed by atoms with E-state index in [1.807, 2.05) is 0 Å². The van der Waals surface area contributed by atoms with Crippen LogP contribution in [0.1, 0.15) is 35.5 Å². The molecule has 0 aliphatic rings. The Morgan fingerprint density at radius 1 is 1.25 bits per heavy atom. The van der Waals surface area contributed by atoms with Crippen LogP contribution < -0.4 is 10.6 Å². The van der Waals surface area contributed by atoms with Crippen molar-refractivity contribution in [3.63, 3.8) is 0 Å². The number of aromatic nitrogens is 3. The summed E-state index contributed by atoms with van der Waals surface area (Å²) in [7, 11) is 0. The van der Waals surface area contributed by atoms with Gasteiger partial charge in [-0.2, -0.15) is 0 Å². The predicted octanol–water partition coefficient (Wildman–Crippen LogP) is 1.52. The van der Waals surface area contributed by atoms with E-state index >= 15 is 0 Å². The average molecular weight is 275 g/mol. The van der Waals surface area contributed by atoms with Crippen molar-refractivity contribution in [2.75, 3.05) is 11.9 Å². The van der Waals surface area contributed by atoms with Gasteiger partial charge in [-0.15, -0.1) is 0 Å². The van der Waals surface area contributed by atoms with Gasteiger partial charge in [0.2, 0.25) is 5.89 Å². The number of carbonyl (C=O) groups is 1. The van der Waals surface area contributed by atoms with Gasteiger partial charge in [0.15, 0.2) is 0 Å². The van der Waals surface area contributed by atoms with Crippen LogP contribution in [0.4, 0.5) is 5.82 Å². The highest BCUT2D eigenvalue weighted by Gasteiger charge is 2.09. The molecule has 2 heterocycles. The maximum absolute atomic E-state index is 11.8. The number of anilines is 1. The number of carbonyl (C=O) groups excluding carboxylic acids is 1. The molecule has 0 spiro atoms. The van der Waals surface area contributed by atoms with E-state index < -0.39 is 0 Å². The molecule has 0 aliphatic heterocycles. The minimum Gasteiger partial charge on any atom is -0.444 e. The van der Waals surface area contributed by atoms with Crippen molar-refractivity contribution < 1.29 is 9.21 Å². The van der Waals surface area contributed by atoms with Gasteiger partial charge in [-0.3, -0.25) is 4.79 Å². The molecule has 0 bridgehead atoms. The molecule has 0 saturated carbocycles. The molecule has 0 radical (unpaired) electrons. The minimum atomic E-state index is -0.310. The molecule has 0 fully saturated rings. The van der Waals surface area contributed by atoms with E-state index in [0.717, 1.165) is 13.0 Å². The van der Waals surface area contributed by atoms with Crippen LogP contribution in [-0.2, 0) is 6.54 Å². The van der Waals surface area contributed by atoms with Gasteiger partial charge in [0.1, 0.15) is 17.3 Å². The second kappa shape index (κ2) is 6.65. The monoisotopic (exact) mass is 275 g/mol. The SMILES string of the molecule is CCCNc1cnc(C(=O)NCc2ncc(C)o2)cn1. The second-order valence-electron chi connectivity index (χ2n) is 4.26. The lowest BCUT2D eigenvalue weighted by atomic mass is 10.4. The summed E-state index contributed by atoms with van der Waals surface area (Å²) in [6.07, 6.45) is 5.59. The summed E-state index contributed by atoms with van der Waals surface area (Å²) in [4.78, 5) is 24.0. The van der Waals surface area contributed by atoms with E-state index in [2.05, 4.69) is 32.5 Å². The second-order valence-corrected chi connectivity index (χ2v) is 4.26. The summed E-state index contributed by atoms with van der Waals surface area (Å²) in [5, 5.41) is 5.76. The van der Waals surface area contributed by atoms with Crippen molar-refractivity contribution in [1.82, 2.24) is 20.3 Å². The van der Waals surface area contributed by atoms with E-state index in [1.54, 1.807) is 19.3 Å². The Morgan fingerprint density at radius 2 is 2.10 bits per heavy atom. The van der Waals surface area contributed by atoms with Gasteiger partial charge in [-0.1, -0.05) is 6.92 Å². The molecule has 0 unspecified atom stereocenters. The Morgan fingerprint density at radius 3 is 2.70 bits per heavy atom. The number of hydrogen-bond donors (Lipinski definition) is 2. The fourth-order valence-corrected chi connectivity index (χ4v) is 1.52. The summed E-state index contributed by atoms with van der Waals surface area (Å²) in [5.41, 5.74) is 0.260. The molecule has 0 aliphatic carbocycles. The summed E-state index contributed by atoms with van der Waals surface area (Å²) in [5.74, 6) is 1.52. The summed E-state index contributed by atoms with van der Waals surface area (Å²) < 4.78 is 5.26. The van der Waals surface area contributed by atoms with Crippen LogP contribution in [0.5, 0.6) is 0 Å². The molecule has 2 aromatic rings. The Kier molecular flexibility index (Phi) is 4.65. The summed E-state index contributed by atoms with van der Waals surface area (Å²) in [6.45, 7) is 4.91. The van der Waals surface area contributed by atoms with Gasteiger partial charge in [0, 0.05) is 6.54 Å². The van der Waals surface area contributed by atoms with Gasteiger partial charge >= 0.3 is 0 Å². The van der Waals surface area contributed by atoms with Crippen LogP contribution in [0.25, 0.3) is 0 Å². The van der Waals surface area contributed by atoms with Crippen LogP contribution in [0.2, 0.25) is 0 Å². The lowest BCUT2D eigenvalue weighted by molar-refractivity contribution is 0.0941. The van der Waals surface area contributed by atoms with E-state index in [4.69, 9.17) is 4.42 Å². The maximum Gasteiger partial charge on any atom is 0.271 e. The molecule has 2 aromatic heterocycles. The van der Waals surface area contributed by atoms with Gasteiger partial charge in [0.05, 0.1) is 25.1 Å². The summed E-state index contributed by atoms with van der Waals surface area (Å²) >= 11 is 0. The first kappa shape index (κ1) is 14.0. The van der Waals surface area contributed by atoms with Gasteiger partial charge in [-0.25, -0.2) is 15.0 Å². The molecule has 20 heavy (non-hydrogen) atoms. The fourth-order valence-electron chi connectivity index (χ4n) is 1.52. The largest absolute Gasteiger partial charge is 0.444 e. The zero-order chi connectivity index (χ0) is 14.4. The first-order valence-electron chi connectivity index (χ1n) is 6.44. The lowest BCUT2D eigenvalue weighted by Gasteiger charge is -2.04. The molecule has 0 saturated heterocycles. The molecule has 7 heteroatoms. The molecule has 2 rings (SSSR count). The van der Waals surface area contributed by atoms with Gasteiger partial charge in [0.25, 0.3) is 5.91 Å². The highest BCUT2D eigenvalue weighted by molar-refractivity contribution is 5.91. The summed E-state index contributed by atoms with van der Waals surface area (Å²) in [6, 6.07) is 0. The third kappa shape index (κ3) is 3.78. The van der Waals surface area contributed by atoms with Crippen LogP contribution in [0.3, 0.4) is 0 Å². The Hall–Kier alpha value is -2.44. The van der Waals surface area contributed by atoms with Crippen LogP contribution in [-0.4, -0.2) is 27.4 Å². The van der Waals surface area contributed by atoms with Crippen molar-refractivity contribution in [2.45, 2.75) is 26.8 Å². The molecular weight excluding hydrogens is 258 g/mol. The van der Waals surface area contributed by atoms with E-state index in [1.165, 1.54) is 6.20 Å².